The number of nitrogens with one attached hydrogen (secondary N) is 7. The van der Waals surface area contributed by atoms with Crippen molar-refractivity contribution in [3.63, 3.8) is 0 Å². The number of hydrogen-bond donors (Lipinski definition) is 7. The van der Waals surface area contributed by atoms with Gasteiger partial charge in [-0.3, -0.25) is 9.59 Å². The van der Waals surface area contributed by atoms with E-state index in [2.05, 4.69) is 169 Å². The number of benzene rings is 8. The van der Waals surface area contributed by atoms with E-state index in [1.54, 1.807) is 35.3 Å². The summed E-state index contributed by atoms with van der Waals surface area (Å²) in [4.78, 5) is 36.5. The van der Waals surface area contributed by atoms with E-state index in [1.807, 2.05) is 108 Å². The Kier molecular flexibility index (Phi) is 41.1. The fraction of sp³-hybridized carbons (Fsp3) is 0.448. The van der Waals surface area contributed by atoms with Crippen LogP contribution in [-0.2, 0) is 83.9 Å². The van der Waals surface area contributed by atoms with Gasteiger partial charge in [-0.15, -0.1) is 0 Å². The first-order valence-corrected chi connectivity index (χ1v) is 46.5. The van der Waals surface area contributed by atoms with E-state index < -0.39 is 0 Å². The summed E-state index contributed by atoms with van der Waals surface area (Å²) < 4.78 is 81.1. The first kappa shape index (κ1) is 98.7. The molecule has 26 heteroatoms. The van der Waals surface area contributed by atoms with Crippen LogP contribution in [0.2, 0.25) is 0 Å². The molecule has 0 bridgehead atoms. The number of hydrogen-bond acceptors (Lipinski definition) is 20. The molecule has 4 aliphatic heterocycles. The van der Waals surface area contributed by atoms with Crippen molar-refractivity contribution in [3.05, 3.63) is 269 Å². The Bertz CT molecular complexity index is 5040. The van der Waals surface area contributed by atoms with E-state index >= 15 is 0 Å². The number of para-hydroxylation sites is 4. The highest BCUT2D eigenvalue weighted by atomic mass is 16.5. The van der Waals surface area contributed by atoms with E-state index in [4.69, 9.17) is 61.6 Å². The maximum absolute atomic E-state index is 11.6. The number of carbonyl (C=O) groups is 3. The van der Waals surface area contributed by atoms with Crippen LogP contribution in [0.15, 0.2) is 219 Å². The minimum absolute atomic E-state index is 0.0391. The van der Waals surface area contributed by atoms with Crippen molar-refractivity contribution < 1.29 is 80.5 Å². The second-order valence-electron chi connectivity index (χ2n) is 33.4. The average Bonchev–Trinajstić information content (AvgIpc) is 1.66. The van der Waals surface area contributed by atoms with Crippen LogP contribution in [0, 0.1) is 12.8 Å². The standard InChI is InChI=1S/C36H46N4O5.C36H47N3O5.C33H43N3O6/c1-26-23-40(18-17-39-36(41)37-2)33-21-27(9-14-31(26)33)24-45-35-22-38-16-15-32(35)28-10-12-30(13-11-28)44-20-6-19-43-25-29-7-4-5-8-34(29)42-3;1-27(40)38-22-28-17-19-39(24-28)34-10-5-3-8-30(34)26-44-36-23-37-18-16-33(36)29-12-14-32(15-13-29)43-21-7-20-42-25-31-9-4-6-11-35(31)41-2;1-26(37)35-17-19-36-18-6-5-9-33(36)42-24-23-41-32-25-34-16-14-30(32)27-10-12-29(13-11-27)40-22-21-39-20-15-28-7-3-4-8-31(28)38-2/h4-5,7-14,21,23,32,35,38H,6,15-20,22,24-25H2,1-3H3,(H2,37,39,41);3-6,8-15,28,33,36-37H,7,16-26H2,1-2H3,(H,38,40);3-13,18,30,32,34H,14-17,19-25H2,1-2H3/p+1/t32-,35+;28-,33+,36-;30-,32+/m101/s1. The number of carbonyl (C=O) groups excluding carboxylic acids is 3. The summed E-state index contributed by atoms with van der Waals surface area (Å²) >= 11 is 0. The van der Waals surface area contributed by atoms with Crippen LogP contribution in [0.25, 0.3) is 10.9 Å². The SMILES string of the molecule is CNC(=O)NCCn1cc(C)c2ccc(CO[C@H]3CNCC[C@@H]3c3ccc(OCCCOCc4ccccc4OC)cc3)cc21.COc1ccccc1CCOCCOc1ccc([C@H]2CCNC[C@@H]2OCCOc2cccc[n+]2CCNC(C)=O)cc1.COc1ccccc1COCCCOc1ccc([C@H]2CCNC[C@@H]2OCc2ccccc2N2CC[C@@H](CNC(C)=O)C2)cc1. The third-order valence-electron chi connectivity index (χ3n) is 24.2. The van der Waals surface area contributed by atoms with Gasteiger partial charge in [-0.2, -0.15) is 4.57 Å². The Morgan fingerprint density at radius 3 is 1.54 bits per heavy atom. The second kappa shape index (κ2) is 54.5. The van der Waals surface area contributed by atoms with Crippen LogP contribution < -0.4 is 79.8 Å². The zero-order chi connectivity index (χ0) is 91.4. The largest absolute Gasteiger partial charge is 0.496 e. The minimum atomic E-state index is -0.169. The molecule has 26 nitrogen and oxygen atoms in total. The number of aryl methyl sites for hydroxylation is 1. The molecule has 131 heavy (non-hydrogen) atoms. The van der Waals surface area contributed by atoms with E-state index in [9.17, 15) is 14.4 Å². The van der Waals surface area contributed by atoms with Gasteiger partial charge < -0.3 is 108 Å². The van der Waals surface area contributed by atoms with Crippen LogP contribution in [0.1, 0.15) is 120 Å². The molecule has 7 N–H and O–H groups in total. The first-order chi connectivity index (χ1) is 64.3. The number of fused-ring (bicyclic) bond motifs is 1. The van der Waals surface area contributed by atoms with E-state index in [0.717, 1.165) is 172 Å². The summed E-state index contributed by atoms with van der Waals surface area (Å²) in [6.45, 7) is 23.0. The number of piperidine rings is 3. The van der Waals surface area contributed by atoms with Gasteiger partial charge >= 0.3 is 11.9 Å². The number of anilines is 1. The van der Waals surface area contributed by atoms with Crippen LogP contribution >= 0.6 is 0 Å². The molecule has 0 unspecified atom stereocenters. The minimum Gasteiger partial charge on any atom is -0.496 e. The lowest BCUT2D eigenvalue weighted by Crippen LogP contribution is -2.42. The van der Waals surface area contributed by atoms with E-state index in [-0.39, 0.29) is 36.2 Å². The highest BCUT2D eigenvalue weighted by Gasteiger charge is 2.32. The molecule has 0 aliphatic carbocycles. The summed E-state index contributed by atoms with van der Waals surface area (Å²) in [6.07, 6.45) is 10.9. The molecule has 10 aromatic rings. The number of urea groups is 1. The Morgan fingerprint density at radius 1 is 0.466 bits per heavy atom. The summed E-state index contributed by atoms with van der Waals surface area (Å²) in [5.74, 6) is 7.35. The van der Waals surface area contributed by atoms with Crippen LogP contribution in [0.4, 0.5) is 10.5 Å². The Balaban J connectivity index is 0.000000178. The molecule has 4 saturated heterocycles. The summed E-state index contributed by atoms with van der Waals surface area (Å²) in [6, 6.07) is 70.0. The number of aromatic nitrogens is 2. The van der Waals surface area contributed by atoms with Gasteiger partial charge in [-0.1, -0.05) is 121 Å². The van der Waals surface area contributed by atoms with Gasteiger partial charge in [0.15, 0.2) is 12.7 Å². The van der Waals surface area contributed by atoms with E-state index in [0.29, 0.717) is 136 Å². The molecule has 0 saturated carbocycles. The van der Waals surface area contributed by atoms with Crippen LogP contribution in [-0.4, -0.2) is 201 Å². The molecule has 702 valence electrons. The number of pyridine rings is 1. The number of amides is 4. The first-order valence-electron chi connectivity index (χ1n) is 46.5. The van der Waals surface area contributed by atoms with Crippen molar-refractivity contribution in [1.82, 2.24) is 41.8 Å². The monoisotopic (exact) mass is 1790 g/mol. The zero-order valence-electron chi connectivity index (χ0n) is 77.5. The Hall–Kier alpha value is -11.3. The van der Waals surface area contributed by atoms with Crippen molar-refractivity contribution in [1.29, 1.82) is 0 Å². The summed E-state index contributed by atoms with van der Waals surface area (Å²) in [5, 5.41) is 23.0. The molecule has 14 rings (SSSR count). The predicted octanol–water partition coefficient (Wildman–Crippen LogP) is 14.1. The fourth-order valence-electron chi connectivity index (χ4n) is 17.2. The summed E-state index contributed by atoms with van der Waals surface area (Å²) in [7, 11) is 6.67. The van der Waals surface area contributed by atoms with Crippen molar-refractivity contribution >= 4 is 34.4 Å². The smallest absolute Gasteiger partial charge is 0.367 e. The third-order valence-corrected chi connectivity index (χ3v) is 24.2. The van der Waals surface area contributed by atoms with Crippen molar-refractivity contribution in [3.8, 4) is 40.4 Å². The third kappa shape index (κ3) is 31.7. The van der Waals surface area contributed by atoms with Gasteiger partial charge in [0.2, 0.25) is 11.8 Å². The molecule has 0 radical (unpaired) electrons. The highest BCUT2D eigenvalue weighted by molar-refractivity contribution is 5.84. The van der Waals surface area contributed by atoms with Crippen LogP contribution in [0.5, 0.6) is 40.4 Å². The molecule has 4 fully saturated rings. The molecule has 6 heterocycles. The van der Waals surface area contributed by atoms with Crippen LogP contribution in [0.3, 0.4) is 0 Å². The molecule has 4 amide bonds. The topological polar surface area (TPSA) is 267 Å². The van der Waals surface area contributed by atoms with Gasteiger partial charge in [0.1, 0.15) is 47.7 Å². The molecule has 2 aromatic heterocycles. The lowest BCUT2D eigenvalue weighted by molar-refractivity contribution is -0.700. The molecule has 0 spiro atoms. The van der Waals surface area contributed by atoms with Gasteiger partial charge in [0.05, 0.1) is 125 Å². The van der Waals surface area contributed by atoms with Gasteiger partial charge in [0, 0.05) is 149 Å². The second-order valence-corrected chi connectivity index (χ2v) is 33.4. The average molecular weight is 1800 g/mol. The molecule has 4 aliphatic rings. The van der Waals surface area contributed by atoms with Gasteiger partial charge in [-0.25, -0.2) is 4.79 Å². The molecular formula is C105H137N10O16+. The Labute approximate surface area is 773 Å². The molecule has 8 aromatic carbocycles. The summed E-state index contributed by atoms with van der Waals surface area (Å²) in [5.41, 5.74) is 13.0. The van der Waals surface area contributed by atoms with E-state index in [1.165, 1.54) is 45.8 Å². The fourth-order valence-corrected chi connectivity index (χ4v) is 17.2. The van der Waals surface area contributed by atoms with Gasteiger partial charge in [0.25, 0.3) is 0 Å². The predicted molar refractivity (Wildman–Crippen MR) is 511 cm³/mol. The van der Waals surface area contributed by atoms with Crippen molar-refractivity contribution in [2.75, 3.05) is 165 Å². The maximum atomic E-state index is 11.6. The number of methoxy groups -OCH3 is 3. The zero-order valence-corrected chi connectivity index (χ0v) is 77.5. The van der Waals surface area contributed by atoms with Crippen molar-refractivity contribution in [2.45, 2.75) is 141 Å². The normalized spacial score (nSPS) is 17.6. The maximum Gasteiger partial charge on any atom is 0.367 e. The Morgan fingerprint density at radius 2 is 0.977 bits per heavy atom. The van der Waals surface area contributed by atoms with Crippen molar-refractivity contribution in [2.24, 2.45) is 5.92 Å². The number of ether oxygens (including phenoxy) is 13. The lowest BCUT2D eigenvalue weighted by atomic mass is 9.87. The molecule has 7 atom stereocenters. The van der Waals surface area contributed by atoms with Gasteiger partial charge in [-0.05, 0) is 171 Å². The molecular weight excluding hydrogens is 1660 g/mol. The lowest BCUT2D eigenvalue weighted by Gasteiger charge is -2.33. The number of nitrogens with zero attached hydrogens (tertiary/aromatic N) is 3. The quantitative estimate of drug-likeness (QED) is 0.0138. The number of rotatable bonds is 47. The highest BCUT2D eigenvalue weighted by Crippen LogP contribution is 2.36.